The largest absolute Gasteiger partial charge is 0.330 e. The highest BCUT2D eigenvalue weighted by Gasteiger charge is 2.30. The third-order valence-electron chi connectivity index (χ3n) is 3.38. The second kappa shape index (κ2) is 4.78. The van der Waals surface area contributed by atoms with Crippen LogP contribution in [0.2, 0.25) is 0 Å². The molecule has 0 radical (unpaired) electrons. The third kappa shape index (κ3) is 2.04. The highest BCUT2D eigenvalue weighted by Crippen LogP contribution is 2.28. The van der Waals surface area contributed by atoms with E-state index in [0.29, 0.717) is 24.2 Å². The summed E-state index contributed by atoms with van der Waals surface area (Å²) >= 11 is 0. The Labute approximate surface area is 115 Å². The van der Waals surface area contributed by atoms with Crippen LogP contribution in [0.15, 0.2) is 42.5 Å². The molecule has 4 heteroatoms. The molecule has 98 valence electrons. The Bertz CT molecular complexity index is 719. The van der Waals surface area contributed by atoms with Crippen LogP contribution in [0.4, 0.5) is 4.39 Å². The fraction of sp³-hybridized carbons (Fsp3) is 0.125. The van der Waals surface area contributed by atoms with Crippen molar-refractivity contribution in [2.45, 2.75) is 13.1 Å². The van der Waals surface area contributed by atoms with Gasteiger partial charge in [0.25, 0.3) is 5.91 Å². The summed E-state index contributed by atoms with van der Waals surface area (Å²) in [6, 6.07) is 13.9. The van der Waals surface area contributed by atoms with E-state index < -0.39 is 5.82 Å². The molecule has 20 heavy (non-hydrogen) atoms. The van der Waals surface area contributed by atoms with Crippen LogP contribution < -0.4 is 0 Å². The van der Waals surface area contributed by atoms with Crippen molar-refractivity contribution in [3.05, 3.63) is 70.5 Å². The zero-order valence-corrected chi connectivity index (χ0v) is 10.6. The van der Waals surface area contributed by atoms with E-state index in [1.165, 1.54) is 6.07 Å². The predicted octanol–water partition coefficient (Wildman–Crippen LogP) is 2.85. The smallest absolute Gasteiger partial charge is 0.256 e. The summed E-state index contributed by atoms with van der Waals surface area (Å²) in [4.78, 5) is 14.0. The first-order valence-electron chi connectivity index (χ1n) is 6.25. The van der Waals surface area contributed by atoms with Gasteiger partial charge in [0, 0.05) is 13.1 Å². The lowest BCUT2D eigenvalue weighted by Gasteiger charge is -2.15. The molecular formula is C16H11FN2O. The Hall–Kier alpha value is -2.67. The maximum atomic E-state index is 13.4. The Morgan fingerprint density at radius 1 is 1.25 bits per heavy atom. The van der Waals surface area contributed by atoms with Gasteiger partial charge in [-0.05, 0) is 23.3 Å². The molecule has 2 aromatic rings. The van der Waals surface area contributed by atoms with Crippen molar-refractivity contribution in [2.75, 3.05) is 0 Å². The normalized spacial score (nSPS) is 13.2. The van der Waals surface area contributed by atoms with E-state index in [1.807, 2.05) is 36.4 Å². The van der Waals surface area contributed by atoms with Crippen LogP contribution in [0.1, 0.15) is 27.0 Å². The summed E-state index contributed by atoms with van der Waals surface area (Å²) in [5, 5.41) is 9.03. The molecule has 3 rings (SSSR count). The molecule has 2 aromatic carbocycles. The summed E-state index contributed by atoms with van der Waals surface area (Å²) in [6.07, 6.45) is 0. The van der Waals surface area contributed by atoms with Crippen LogP contribution in [0.25, 0.3) is 0 Å². The molecule has 0 unspecified atom stereocenters. The zero-order valence-electron chi connectivity index (χ0n) is 10.6. The number of rotatable bonds is 2. The molecule has 0 saturated carbocycles. The number of hydrogen-bond donors (Lipinski definition) is 0. The maximum absolute atomic E-state index is 13.4. The van der Waals surface area contributed by atoms with E-state index in [-0.39, 0.29) is 11.5 Å². The van der Waals surface area contributed by atoms with Crippen LogP contribution >= 0.6 is 0 Å². The number of amides is 1. The molecule has 3 nitrogen and oxygen atoms in total. The van der Waals surface area contributed by atoms with Gasteiger partial charge in [-0.2, -0.15) is 5.26 Å². The van der Waals surface area contributed by atoms with Crippen molar-refractivity contribution in [3.63, 3.8) is 0 Å². The minimum atomic E-state index is -0.477. The Balaban J connectivity index is 1.93. The fourth-order valence-electron chi connectivity index (χ4n) is 2.50. The highest BCUT2D eigenvalue weighted by molar-refractivity contribution is 6.00. The van der Waals surface area contributed by atoms with Crippen molar-refractivity contribution < 1.29 is 9.18 Å². The standard InChI is InChI=1S/C16H11FN2O/c17-14-6-12(8-18)15-13(7-14)10-19(16(15)20)9-11-4-2-1-3-5-11/h1-7H,9-10H2. The van der Waals surface area contributed by atoms with Crippen LogP contribution in [0, 0.1) is 17.1 Å². The van der Waals surface area contributed by atoms with Gasteiger partial charge in [0.05, 0.1) is 11.1 Å². The summed E-state index contributed by atoms with van der Waals surface area (Å²) in [5.41, 5.74) is 2.04. The maximum Gasteiger partial charge on any atom is 0.256 e. The first-order chi connectivity index (χ1) is 9.69. The number of carbonyl (C=O) groups excluding carboxylic acids is 1. The van der Waals surface area contributed by atoms with Crippen molar-refractivity contribution in [3.8, 4) is 6.07 Å². The van der Waals surface area contributed by atoms with Gasteiger partial charge < -0.3 is 4.90 Å². The van der Waals surface area contributed by atoms with E-state index in [4.69, 9.17) is 5.26 Å². The topological polar surface area (TPSA) is 44.1 Å². The van der Waals surface area contributed by atoms with Crippen molar-refractivity contribution in [1.29, 1.82) is 5.26 Å². The Morgan fingerprint density at radius 2 is 2.00 bits per heavy atom. The first kappa shape index (κ1) is 12.4. The third-order valence-corrected chi connectivity index (χ3v) is 3.38. The molecule has 0 saturated heterocycles. The summed E-state index contributed by atoms with van der Waals surface area (Å²) in [6.45, 7) is 0.802. The fourth-order valence-corrected chi connectivity index (χ4v) is 2.50. The quantitative estimate of drug-likeness (QED) is 0.839. The lowest BCUT2D eigenvalue weighted by molar-refractivity contribution is 0.0766. The van der Waals surface area contributed by atoms with Gasteiger partial charge in [0.1, 0.15) is 11.9 Å². The van der Waals surface area contributed by atoms with E-state index in [2.05, 4.69) is 0 Å². The molecule has 0 bridgehead atoms. The van der Waals surface area contributed by atoms with E-state index in [1.54, 1.807) is 4.90 Å². The highest BCUT2D eigenvalue weighted by atomic mass is 19.1. The van der Waals surface area contributed by atoms with Gasteiger partial charge >= 0.3 is 0 Å². The average Bonchev–Trinajstić information content (AvgIpc) is 2.75. The number of benzene rings is 2. The van der Waals surface area contributed by atoms with E-state index in [9.17, 15) is 9.18 Å². The SMILES string of the molecule is N#Cc1cc(F)cc2c1C(=O)N(Cc1ccccc1)C2. The molecule has 1 heterocycles. The second-order valence-corrected chi connectivity index (χ2v) is 4.75. The molecule has 0 spiro atoms. The molecular weight excluding hydrogens is 255 g/mol. The molecule has 0 fully saturated rings. The van der Waals surface area contributed by atoms with Crippen molar-refractivity contribution in [2.24, 2.45) is 0 Å². The van der Waals surface area contributed by atoms with Crippen molar-refractivity contribution in [1.82, 2.24) is 4.90 Å². The molecule has 1 amide bonds. The number of carbonyl (C=O) groups is 1. The minimum Gasteiger partial charge on any atom is -0.330 e. The molecule has 1 aliphatic rings. The van der Waals surface area contributed by atoms with E-state index in [0.717, 1.165) is 11.6 Å². The molecule has 0 N–H and O–H groups in total. The Morgan fingerprint density at radius 3 is 2.70 bits per heavy atom. The average molecular weight is 266 g/mol. The molecule has 1 aliphatic heterocycles. The van der Waals surface area contributed by atoms with Crippen LogP contribution in [-0.4, -0.2) is 10.8 Å². The number of halogens is 1. The summed E-state index contributed by atoms with van der Waals surface area (Å²) in [7, 11) is 0. The van der Waals surface area contributed by atoms with Crippen molar-refractivity contribution >= 4 is 5.91 Å². The van der Waals surface area contributed by atoms with Crippen LogP contribution in [-0.2, 0) is 13.1 Å². The van der Waals surface area contributed by atoms with Gasteiger partial charge in [-0.1, -0.05) is 30.3 Å². The molecule has 0 aliphatic carbocycles. The van der Waals surface area contributed by atoms with E-state index >= 15 is 0 Å². The number of nitriles is 1. The molecule has 0 aromatic heterocycles. The lowest BCUT2D eigenvalue weighted by Crippen LogP contribution is -2.23. The van der Waals surface area contributed by atoms with Crippen LogP contribution in [0.5, 0.6) is 0 Å². The lowest BCUT2D eigenvalue weighted by atomic mass is 10.0. The van der Waals surface area contributed by atoms with Gasteiger partial charge in [0.15, 0.2) is 0 Å². The second-order valence-electron chi connectivity index (χ2n) is 4.75. The molecule has 0 atom stereocenters. The minimum absolute atomic E-state index is 0.112. The number of hydrogen-bond acceptors (Lipinski definition) is 2. The monoisotopic (exact) mass is 266 g/mol. The van der Waals surface area contributed by atoms with Crippen LogP contribution in [0.3, 0.4) is 0 Å². The van der Waals surface area contributed by atoms with Gasteiger partial charge in [-0.15, -0.1) is 0 Å². The number of nitrogens with zero attached hydrogens (tertiary/aromatic N) is 2. The Kier molecular flexibility index (Phi) is 2.96. The summed E-state index contributed by atoms with van der Waals surface area (Å²) < 4.78 is 13.4. The van der Waals surface area contributed by atoms with Gasteiger partial charge in [-0.25, -0.2) is 4.39 Å². The van der Waals surface area contributed by atoms with Gasteiger partial charge in [0.2, 0.25) is 0 Å². The first-order valence-corrected chi connectivity index (χ1v) is 6.25. The predicted molar refractivity (Wildman–Crippen MR) is 71.1 cm³/mol. The number of fused-ring (bicyclic) bond motifs is 1. The zero-order chi connectivity index (χ0) is 14.1. The van der Waals surface area contributed by atoms with Gasteiger partial charge in [-0.3, -0.25) is 4.79 Å². The summed E-state index contributed by atoms with van der Waals surface area (Å²) in [5.74, 6) is -0.685.